The van der Waals surface area contributed by atoms with Gasteiger partial charge in [0.1, 0.15) is 29.2 Å². The minimum atomic E-state index is -4.93. The molecular weight excluding hydrogens is 378 g/mol. The topological polar surface area (TPSA) is 113 Å². The third-order valence-electron chi connectivity index (χ3n) is 5.28. The molecule has 1 atom stereocenters. The van der Waals surface area contributed by atoms with Crippen LogP contribution in [-0.2, 0) is 19.1 Å². The molecular formula is C15H19B5O7S. The van der Waals surface area contributed by atoms with Crippen LogP contribution in [0.3, 0.4) is 0 Å². The zero-order valence-electron chi connectivity index (χ0n) is 16.1. The van der Waals surface area contributed by atoms with Crippen molar-refractivity contribution >= 4 is 53.8 Å². The molecule has 1 aromatic rings. The van der Waals surface area contributed by atoms with Gasteiger partial charge in [-0.05, 0) is 45.3 Å². The van der Waals surface area contributed by atoms with Crippen LogP contribution in [0.5, 0.6) is 0 Å². The van der Waals surface area contributed by atoms with Crippen LogP contribution in [0, 0.1) is 0 Å². The van der Waals surface area contributed by atoms with Crippen molar-refractivity contribution < 1.29 is 33.0 Å². The van der Waals surface area contributed by atoms with E-state index in [0.717, 1.165) is 12.1 Å². The van der Waals surface area contributed by atoms with Gasteiger partial charge in [0, 0.05) is 5.40 Å². The van der Waals surface area contributed by atoms with Crippen molar-refractivity contribution in [2.24, 2.45) is 0 Å². The van der Waals surface area contributed by atoms with Gasteiger partial charge in [0.25, 0.3) is 0 Å². The van der Waals surface area contributed by atoms with E-state index in [0.29, 0.717) is 5.46 Å². The molecule has 1 unspecified atom stereocenters. The Balaban J connectivity index is 2.45. The van der Waals surface area contributed by atoms with Gasteiger partial charge in [0.15, 0.2) is 17.7 Å². The number of benzene rings is 1. The van der Waals surface area contributed by atoms with Gasteiger partial charge in [-0.1, -0.05) is 12.1 Å². The van der Waals surface area contributed by atoms with Crippen molar-refractivity contribution in [2.45, 2.75) is 59.5 Å². The highest BCUT2D eigenvalue weighted by Gasteiger charge is 2.59. The summed E-state index contributed by atoms with van der Waals surface area (Å²) in [5.41, 5.74) is -4.36. The van der Waals surface area contributed by atoms with Crippen molar-refractivity contribution in [2.75, 3.05) is 0 Å². The maximum Gasteiger partial charge on any atom is 0.494 e. The Morgan fingerprint density at radius 3 is 1.61 bits per heavy atom. The van der Waals surface area contributed by atoms with Gasteiger partial charge in [-0.2, -0.15) is 0 Å². The monoisotopic (exact) mass is 398 g/mol. The first-order valence-corrected chi connectivity index (χ1v) is 9.79. The first kappa shape index (κ1) is 23.6. The molecule has 142 valence electrons. The van der Waals surface area contributed by atoms with Crippen LogP contribution in [0.2, 0.25) is 0 Å². The van der Waals surface area contributed by atoms with Gasteiger partial charge in [-0.3, -0.25) is 0 Å². The quantitative estimate of drug-likeness (QED) is 0.369. The summed E-state index contributed by atoms with van der Waals surface area (Å²) in [6.07, 6.45) is 0. The summed E-state index contributed by atoms with van der Waals surface area (Å²) in [5, 5.41) is 25.9. The Bertz CT molecular complexity index is 811. The van der Waals surface area contributed by atoms with Crippen LogP contribution in [-0.4, -0.2) is 89.2 Å². The third-order valence-corrected chi connectivity index (χ3v) is 7.65. The van der Waals surface area contributed by atoms with Crippen LogP contribution in [0.1, 0.15) is 27.7 Å². The van der Waals surface area contributed by atoms with Gasteiger partial charge < -0.3 is 24.6 Å². The fraction of sp³-hybridized carbons (Fsp3) is 0.600. The minimum Gasteiger partial charge on any atom is -0.408 e. The van der Waals surface area contributed by atoms with Gasteiger partial charge in [0.2, 0.25) is 0 Å². The molecule has 0 aromatic heterocycles. The van der Waals surface area contributed by atoms with E-state index < -0.39 is 48.8 Å². The summed E-state index contributed by atoms with van der Waals surface area (Å²) in [5.74, 6) is 0. The molecule has 1 saturated heterocycles. The summed E-state index contributed by atoms with van der Waals surface area (Å²) < 4.78 is 34.1. The van der Waals surface area contributed by atoms with E-state index in [-0.39, 0.29) is 0 Å². The summed E-state index contributed by atoms with van der Waals surface area (Å²) in [6, 6.07) is 4.98. The molecule has 0 amide bonds. The maximum absolute atomic E-state index is 12.9. The normalized spacial score (nSPS) is 22.0. The first-order chi connectivity index (χ1) is 12.3. The van der Waals surface area contributed by atoms with E-state index in [9.17, 15) is 23.7 Å². The van der Waals surface area contributed by atoms with E-state index in [4.69, 9.17) is 40.7 Å². The second-order valence-electron chi connectivity index (χ2n) is 7.95. The number of hydrogen-bond donors (Lipinski definition) is 3. The molecule has 0 spiro atoms. The van der Waals surface area contributed by atoms with Crippen molar-refractivity contribution in [3.8, 4) is 0 Å². The van der Waals surface area contributed by atoms with E-state index in [1.807, 2.05) is 27.7 Å². The summed E-state index contributed by atoms with van der Waals surface area (Å²) in [7, 11) is 15.3. The predicted octanol–water partition coefficient (Wildman–Crippen LogP) is -2.59. The Morgan fingerprint density at radius 2 is 1.29 bits per heavy atom. The van der Waals surface area contributed by atoms with E-state index >= 15 is 0 Å². The highest BCUT2D eigenvalue weighted by Crippen LogP contribution is 2.38. The van der Waals surface area contributed by atoms with Gasteiger partial charge in [0.05, 0.1) is 20.7 Å². The molecule has 7 nitrogen and oxygen atoms in total. The van der Waals surface area contributed by atoms with Crippen LogP contribution >= 0.6 is 0 Å². The molecule has 13 heteroatoms. The fourth-order valence-corrected chi connectivity index (χ4v) is 4.37. The summed E-state index contributed by atoms with van der Waals surface area (Å²) in [6.45, 7) is 7.45. The van der Waals surface area contributed by atoms with Crippen LogP contribution in [0.15, 0.2) is 29.2 Å². The molecule has 28 heavy (non-hydrogen) atoms. The second kappa shape index (κ2) is 6.65. The Hall–Kier alpha value is -0.705. The van der Waals surface area contributed by atoms with Gasteiger partial charge >= 0.3 is 7.12 Å². The molecule has 1 aliphatic heterocycles. The molecule has 0 bridgehead atoms. The second-order valence-corrected chi connectivity index (χ2v) is 10.1. The molecule has 1 aromatic carbocycles. The zero-order chi connectivity index (χ0) is 22.0. The predicted molar refractivity (Wildman–Crippen MR) is 107 cm³/mol. The maximum atomic E-state index is 12.9. The van der Waals surface area contributed by atoms with E-state index in [2.05, 4.69) is 0 Å². The smallest absolute Gasteiger partial charge is 0.408 e. The molecule has 8 radical (unpaired) electrons. The number of rotatable bonds is 5. The highest BCUT2D eigenvalue weighted by atomic mass is 32.2. The molecule has 0 saturated carbocycles. The highest BCUT2D eigenvalue weighted by molar-refractivity contribution is 7.94. The molecule has 1 fully saturated rings. The lowest BCUT2D eigenvalue weighted by molar-refractivity contribution is -0.115. The van der Waals surface area contributed by atoms with E-state index in [1.165, 1.54) is 12.1 Å². The van der Waals surface area contributed by atoms with Gasteiger partial charge in [-0.25, -0.2) is 8.42 Å². The summed E-state index contributed by atoms with van der Waals surface area (Å²) in [4.78, 5) is -0.512. The standard InChI is InChI=1S/C15H19B5O7S/c1-11(2)12(3,4)27-20(26-11)9-5-7-10(8-6-9)28(24,25)13(16,14(17,18)21)15(19,22)23/h5-8,21-23H,1-4H3. The number of hydrogen-bond acceptors (Lipinski definition) is 7. The van der Waals surface area contributed by atoms with Crippen LogP contribution in [0.4, 0.5) is 0 Å². The largest absolute Gasteiger partial charge is 0.494 e. The first-order valence-electron chi connectivity index (χ1n) is 8.31. The molecule has 3 N–H and O–H groups in total. The SMILES string of the molecule is [B]C([B])(O)C([B])(C([B])(O)O)S(=O)(=O)c1ccc(B2OC(C)(C)C(C)(C)O2)cc1. The fourth-order valence-electron chi connectivity index (χ4n) is 2.68. The van der Waals surface area contributed by atoms with Crippen LogP contribution in [0.25, 0.3) is 0 Å². The van der Waals surface area contributed by atoms with Crippen molar-refractivity contribution in [1.82, 2.24) is 0 Å². The van der Waals surface area contributed by atoms with E-state index in [1.54, 1.807) is 0 Å². The lowest BCUT2D eigenvalue weighted by atomic mass is 9.46. The van der Waals surface area contributed by atoms with Crippen molar-refractivity contribution in [3.63, 3.8) is 0 Å². The Morgan fingerprint density at radius 1 is 0.893 bits per heavy atom. The average molecular weight is 397 g/mol. The minimum absolute atomic E-state index is 0.503. The Labute approximate surface area is 170 Å². The average Bonchev–Trinajstić information content (AvgIpc) is 2.72. The lowest BCUT2D eigenvalue weighted by Crippen LogP contribution is -2.73. The lowest BCUT2D eigenvalue weighted by Gasteiger charge is -2.48. The molecule has 0 aliphatic carbocycles. The third kappa shape index (κ3) is 3.50. The van der Waals surface area contributed by atoms with Gasteiger partial charge in [-0.15, -0.1) is 0 Å². The zero-order valence-corrected chi connectivity index (χ0v) is 16.9. The van der Waals surface area contributed by atoms with Crippen LogP contribution < -0.4 is 5.46 Å². The van der Waals surface area contributed by atoms with Crippen molar-refractivity contribution in [1.29, 1.82) is 0 Å². The number of sulfone groups is 1. The summed E-state index contributed by atoms with van der Waals surface area (Å²) >= 11 is 0. The Kier molecular flexibility index (Phi) is 5.60. The number of aliphatic hydroxyl groups is 3. The molecule has 1 aliphatic rings. The van der Waals surface area contributed by atoms with Crippen molar-refractivity contribution in [3.05, 3.63) is 24.3 Å². The molecule has 2 rings (SSSR count). The molecule has 1 heterocycles.